The van der Waals surface area contributed by atoms with Crippen LogP contribution in [0.3, 0.4) is 0 Å². The molecule has 0 spiro atoms. The molecule has 0 atom stereocenters. The Kier molecular flexibility index (Phi) is 4.65. The van der Waals surface area contributed by atoms with Crippen molar-refractivity contribution in [2.45, 2.75) is 52.0 Å². The summed E-state index contributed by atoms with van der Waals surface area (Å²) in [4.78, 5) is 16.6. The number of carbonyl (C=O) groups is 1. The summed E-state index contributed by atoms with van der Waals surface area (Å²) in [6.45, 7) is 8.12. The highest BCUT2D eigenvalue weighted by Crippen LogP contribution is 2.35. The zero-order valence-corrected chi connectivity index (χ0v) is 15.0. The molecule has 1 aliphatic rings. The molecule has 1 N–H and O–H groups in total. The fraction of sp³-hybridized carbons (Fsp3) is 0.500. The Morgan fingerprint density at radius 1 is 1.28 bits per heavy atom. The zero-order valence-electron chi connectivity index (χ0n) is 15.0. The van der Waals surface area contributed by atoms with Crippen molar-refractivity contribution >= 4 is 5.91 Å². The SMILES string of the molecule is CC(C)c1noc(CCC(=O)NC(C)(C)c2ccc3c(c2)OCO3)n1. The molecule has 0 saturated carbocycles. The number of aryl methyl sites for hydroxylation is 1. The van der Waals surface area contributed by atoms with Gasteiger partial charge in [0.25, 0.3) is 0 Å². The molecule has 0 aliphatic carbocycles. The van der Waals surface area contributed by atoms with E-state index < -0.39 is 5.54 Å². The predicted molar refractivity (Wildman–Crippen MR) is 90.4 cm³/mol. The van der Waals surface area contributed by atoms with Crippen LogP contribution in [0.25, 0.3) is 0 Å². The van der Waals surface area contributed by atoms with E-state index >= 15 is 0 Å². The summed E-state index contributed by atoms with van der Waals surface area (Å²) >= 11 is 0. The van der Waals surface area contributed by atoms with Gasteiger partial charge in [0.2, 0.25) is 18.6 Å². The van der Waals surface area contributed by atoms with E-state index in [0.717, 1.165) is 11.3 Å². The Bertz CT molecular complexity index is 767. The van der Waals surface area contributed by atoms with Crippen molar-refractivity contribution in [3.63, 3.8) is 0 Å². The highest BCUT2D eigenvalue weighted by atomic mass is 16.7. The molecule has 0 unspecified atom stereocenters. The largest absolute Gasteiger partial charge is 0.454 e. The molecule has 0 fully saturated rings. The van der Waals surface area contributed by atoms with Gasteiger partial charge in [-0.25, -0.2) is 0 Å². The smallest absolute Gasteiger partial charge is 0.231 e. The number of rotatable bonds is 6. The van der Waals surface area contributed by atoms with Crippen LogP contribution in [0.4, 0.5) is 0 Å². The fourth-order valence-electron chi connectivity index (χ4n) is 2.59. The van der Waals surface area contributed by atoms with Crippen LogP contribution >= 0.6 is 0 Å². The molecule has 7 heteroatoms. The topological polar surface area (TPSA) is 86.5 Å². The van der Waals surface area contributed by atoms with Gasteiger partial charge < -0.3 is 19.3 Å². The maximum absolute atomic E-state index is 12.3. The van der Waals surface area contributed by atoms with E-state index in [2.05, 4.69) is 15.5 Å². The lowest BCUT2D eigenvalue weighted by Crippen LogP contribution is -2.41. The van der Waals surface area contributed by atoms with Gasteiger partial charge in [0.15, 0.2) is 17.3 Å². The number of fused-ring (bicyclic) bond motifs is 1. The third-order valence-electron chi connectivity index (χ3n) is 4.11. The van der Waals surface area contributed by atoms with Gasteiger partial charge in [0, 0.05) is 18.8 Å². The zero-order chi connectivity index (χ0) is 18.0. The first-order chi connectivity index (χ1) is 11.8. The Morgan fingerprint density at radius 3 is 2.76 bits per heavy atom. The summed E-state index contributed by atoms with van der Waals surface area (Å²) in [6, 6.07) is 5.69. The van der Waals surface area contributed by atoms with Gasteiger partial charge in [0.05, 0.1) is 5.54 Å². The van der Waals surface area contributed by atoms with Gasteiger partial charge in [-0.3, -0.25) is 4.79 Å². The molecule has 3 rings (SSSR count). The van der Waals surface area contributed by atoms with Gasteiger partial charge in [-0.2, -0.15) is 4.98 Å². The molecular weight excluding hydrogens is 322 g/mol. The lowest BCUT2D eigenvalue weighted by Gasteiger charge is -2.27. The number of benzene rings is 1. The number of ether oxygens (including phenoxy) is 2. The average Bonchev–Trinajstić information content (AvgIpc) is 3.21. The van der Waals surface area contributed by atoms with E-state index in [0.29, 0.717) is 23.9 Å². The summed E-state index contributed by atoms with van der Waals surface area (Å²) in [5, 5.41) is 6.94. The van der Waals surface area contributed by atoms with E-state index in [9.17, 15) is 4.79 Å². The van der Waals surface area contributed by atoms with Gasteiger partial charge in [0.1, 0.15) is 0 Å². The quantitative estimate of drug-likeness (QED) is 0.866. The molecule has 1 aromatic heterocycles. The van der Waals surface area contributed by atoms with Crippen molar-refractivity contribution in [3.8, 4) is 11.5 Å². The molecule has 2 aromatic rings. The summed E-state index contributed by atoms with van der Waals surface area (Å²) in [6.07, 6.45) is 0.705. The monoisotopic (exact) mass is 345 g/mol. The number of carbonyl (C=O) groups excluding carboxylic acids is 1. The number of hydrogen-bond donors (Lipinski definition) is 1. The molecule has 0 radical (unpaired) electrons. The maximum atomic E-state index is 12.3. The van der Waals surface area contributed by atoms with Gasteiger partial charge in [-0.15, -0.1) is 0 Å². The van der Waals surface area contributed by atoms with Gasteiger partial charge in [-0.05, 0) is 31.5 Å². The lowest BCUT2D eigenvalue weighted by molar-refractivity contribution is -0.122. The highest BCUT2D eigenvalue weighted by Gasteiger charge is 2.25. The molecule has 2 heterocycles. The van der Waals surface area contributed by atoms with Crippen LogP contribution in [-0.2, 0) is 16.8 Å². The summed E-state index contributed by atoms with van der Waals surface area (Å²) < 4.78 is 15.9. The molecule has 1 aliphatic heterocycles. The molecule has 134 valence electrons. The van der Waals surface area contributed by atoms with E-state index in [1.54, 1.807) is 0 Å². The highest BCUT2D eigenvalue weighted by molar-refractivity contribution is 5.77. The first kappa shape index (κ1) is 17.3. The molecule has 25 heavy (non-hydrogen) atoms. The van der Waals surface area contributed by atoms with Crippen molar-refractivity contribution in [1.29, 1.82) is 0 Å². The van der Waals surface area contributed by atoms with Crippen molar-refractivity contribution < 1.29 is 18.8 Å². The van der Waals surface area contributed by atoms with Crippen LogP contribution < -0.4 is 14.8 Å². The molecule has 1 amide bonds. The second kappa shape index (κ2) is 6.74. The predicted octanol–water partition coefficient (Wildman–Crippen LogP) is 2.91. The van der Waals surface area contributed by atoms with E-state index in [-0.39, 0.29) is 25.0 Å². The van der Waals surface area contributed by atoms with Crippen LogP contribution in [0.5, 0.6) is 11.5 Å². The van der Waals surface area contributed by atoms with Crippen LogP contribution in [-0.4, -0.2) is 22.8 Å². The summed E-state index contributed by atoms with van der Waals surface area (Å²) in [5.41, 5.74) is 0.417. The number of amides is 1. The van der Waals surface area contributed by atoms with E-state index in [1.807, 2.05) is 45.9 Å². The minimum absolute atomic E-state index is 0.0769. The maximum Gasteiger partial charge on any atom is 0.231 e. The third kappa shape index (κ3) is 3.92. The van der Waals surface area contributed by atoms with Gasteiger partial charge in [-0.1, -0.05) is 25.1 Å². The minimum Gasteiger partial charge on any atom is -0.454 e. The van der Waals surface area contributed by atoms with Crippen LogP contribution in [0.15, 0.2) is 22.7 Å². The van der Waals surface area contributed by atoms with Crippen LogP contribution in [0.1, 0.15) is 57.3 Å². The first-order valence-corrected chi connectivity index (χ1v) is 8.39. The van der Waals surface area contributed by atoms with Crippen molar-refractivity contribution in [2.75, 3.05) is 6.79 Å². The first-order valence-electron chi connectivity index (χ1n) is 8.39. The normalized spacial score (nSPS) is 13.3. The Labute approximate surface area is 146 Å². The minimum atomic E-state index is -0.532. The van der Waals surface area contributed by atoms with Crippen LogP contribution in [0.2, 0.25) is 0 Å². The Morgan fingerprint density at radius 2 is 2.04 bits per heavy atom. The van der Waals surface area contributed by atoms with Gasteiger partial charge >= 0.3 is 0 Å². The average molecular weight is 345 g/mol. The van der Waals surface area contributed by atoms with Crippen molar-refractivity contribution in [3.05, 3.63) is 35.5 Å². The number of nitrogens with one attached hydrogen (secondary N) is 1. The lowest BCUT2D eigenvalue weighted by atomic mass is 9.93. The summed E-state index contributed by atoms with van der Waals surface area (Å²) in [5.74, 6) is 2.70. The van der Waals surface area contributed by atoms with Crippen LogP contribution in [0, 0.1) is 0 Å². The number of aromatic nitrogens is 2. The molecule has 0 bridgehead atoms. The molecule has 1 aromatic carbocycles. The molecule has 7 nitrogen and oxygen atoms in total. The molecular formula is C18H23N3O4. The second-order valence-corrected chi connectivity index (χ2v) is 6.94. The standard InChI is InChI=1S/C18H23N3O4/c1-11(2)17-19-16(25-21-17)8-7-15(22)20-18(3,4)12-5-6-13-14(9-12)24-10-23-13/h5-6,9,11H,7-8,10H2,1-4H3,(H,20,22). The van der Waals surface area contributed by atoms with Crippen molar-refractivity contribution in [2.24, 2.45) is 0 Å². The Hall–Kier alpha value is -2.57. The number of nitrogens with zero attached hydrogens (tertiary/aromatic N) is 2. The Balaban J connectivity index is 1.59. The second-order valence-electron chi connectivity index (χ2n) is 6.94. The molecule has 0 saturated heterocycles. The van der Waals surface area contributed by atoms with Crippen molar-refractivity contribution in [1.82, 2.24) is 15.5 Å². The third-order valence-corrected chi connectivity index (χ3v) is 4.11. The van der Waals surface area contributed by atoms with E-state index in [1.165, 1.54) is 0 Å². The van der Waals surface area contributed by atoms with E-state index in [4.69, 9.17) is 14.0 Å². The number of hydrogen-bond acceptors (Lipinski definition) is 6. The fourth-order valence-corrected chi connectivity index (χ4v) is 2.59. The summed E-state index contributed by atoms with van der Waals surface area (Å²) in [7, 11) is 0.